The normalized spacial score (nSPS) is 32.8. The lowest BCUT2D eigenvalue weighted by Crippen LogP contribution is -2.56. The van der Waals surface area contributed by atoms with E-state index in [0.29, 0.717) is 31.8 Å². The zero-order valence-electron chi connectivity index (χ0n) is 13.7. The van der Waals surface area contributed by atoms with Gasteiger partial charge in [0.1, 0.15) is 11.9 Å². The van der Waals surface area contributed by atoms with E-state index in [1.54, 1.807) is 19.5 Å². The zero-order chi connectivity index (χ0) is 17.2. The predicted octanol–water partition coefficient (Wildman–Crippen LogP) is 0.873. The molecule has 24 heavy (non-hydrogen) atoms. The minimum absolute atomic E-state index is 0.105. The lowest BCUT2D eigenvalue weighted by molar-refractivity contribution is -0.163. The van der Waals surface area contributed by atoms with Gasteiger partial charge in [-0.25, -0.2) is 4.98 Å². The highest BCUT2D eigenvalue weighted by molar-refractivity contribution is 5.79. The third kappa shape index (κ3) is 3.29. The fourth-order valence-corrected chi connectivity index (χ4v) is 3.53. The van der Waals surface area contributed by atoms with Crippen molar-refractivity contribution in [2.75, 3.05) is 20.3 Å². The van der Waals surface area contributed by atoms with Gasteiger partial charge in [0, 0.05) is 32.7 Å². The number of H-pyrrole nitrogens is 1. The van der Waals surface area contributed by atoms with Crippen LogP contribution in [0.1, 0.15) is 37.6 Å². The summed E-state index contributed by atoms with van der Waals surface area (Å²) in [5.74, 6) is -0.963. The molecule has 0 spiro atoms. The Morgan fingerprint density at radius 2 is 2.33 bits per heavy atom. The fraction of sp³-hybridized carbons (Fsp3) is 0.688. The molecule has 3 N–H and O–H groups in total. The van der Waals surface area contributed by atoms with E-state index in [-0.39, 0.29) is 17.9 Å². The third-order valence-corrected chi connectivity index (χ3v) is 5.05. The average molecular weight is 337 g/mol. The number of carbonyl (C=O) groups excluding carboxylic acids is 1. The first-order valence-electron chi connectivity index (χ1n) is 8.21. The van der Waals surface area contributed by atoms with Crippen LogP contribution in [-0.4, -0.2) is 52.8 Å². The van der Waals surface area contributed by atoms with Gasteiger partial charge in [-0.3, -0.25) is 9.59 Å². The van der Waals surface area contributed by atoms with Crippen LogP contribution in [-0.2, 0) is 19.1 Å². The summed E-state index contributed by atoms with van der Waals surface area (Å²) >= 11 is 0. The summed E-state index contributed by atoms with van der Waals surface area (Å²) in [6.07, 6.45) is 5.37. The number of ether oxygens (including phenoxy) is 2. The lowest BCUT2D eigenvalue weighted by Gasteiger charge is -2.45. The zero-order valence-corrected chi connectivity index (χ0v) is 13.7. The van der Waals surface area contributed by atoms with Crippen molar-refractivity contribution in [1.82, 2.24) is 15.3 Å². The Morgan fingerprint density at radius 3 is 2.96 bits per heavy atom. The molecule has 3 rings (SSSR count). The molecule has 2 atom stereocenters. The number of carbonyl (C=O) groups is 2. The molecule has 1 aromatic rings. The second-order valence-corrected chi connectivity index (χ2v) is 6.56. The number of imidazole rings is 1. The molecule has 1 saturated heterocycles. The van der Waals surface area contributed by atoms with Crippen LogP contribution in [0.4, 0.5) is 0 Å². The van der Waals surface area contributed by atoms with E-state index in [9.17, 15) is 9.59 Å². The van der Waals surface area contributed by atoms with Gasteiger partial charge in [0.05, 0.1) is 17.4 Å². The summed E-state index contributed by atoms with van der Waals surface area (Å²) < 4.78 is 11.2. The number of aromatic nitrogens is 2. The molecule has 0 unspecified atom stereocenters. The van der Waals surface area contributed by atoms with Crippen molar-refractivity contribution in [3.05, 3.63) is 18.2 Å². The van der Waals surface area contributed by atoms with Gasteiger partial charge in [-0.05, 0) is 25.7 Å². The van der Waals surface area contributed by atoms with Crippen molar-refractivity contribution in [3.63, 3.8) is 0 Å². The second kappa shape index (κ2) is 6.90. The van der Waals surface area contributed by atoms with E-state index < -0.39 is 17.5 Å². The van der Waals surface area contributed by atoms with Crippen LogP contribution >= 0.6 is 0 Å². The van der Waals surface area contributed by atoms with Crippen LogP contribution in [0.3, 0.4) is 0 Å². The minimum Gasteiger partial charge on any atom is -0.481 e. The molecule has 8 nitrogen and oxygen atoms in total. The molecule has 1 amide bonds. The number of hydrogen-bond acceptors (Lipinski definition) is 5. The number of hydrogen-bond donors (Lipinski definition) is 3. The van der Waals surface area contributed by atoms with Crippen molar-refractivity contribution in [2.24, 2.45) is 11.8 Å². The maximum Gasteiger partial charge on any atom is 0.306 e. The largest absolute Gasteiger partial charge is 0.481 e. The molecule has 0 bridgehead atoms. The first-order chi connectivity index (χ1) is 11.5. The maximum atomic E-state index is 12.6. The van der Waals surface area contributed by atoms with Crippen LogP contribution in [0.5, 0.6) is 0 Å². The third-order valence-electron chi connectivity index (χ3n) is 5.05. The predicted molar refractivity (Wildman–Crippen MR) is 83.1 cm³/mol. The van der Waals surface area contributed by atoms with Gasteiger partial charge >= 0.3 is 5.97 Å². The topological polar surface area (TPSA) is 114 Å². The Morgan fingerprint density at radius 1 is 1.54 bits per heavy atom. The number of rotatable bonds is 6. The molecule has 0 radical (unpaired) electrons. The van der Waals surface area contributed by atoms with E-state index in [0.717, 1.165) is 12.8 Å². The Labute approximate surface area is 139 Å². The van der Waals surface area contributed by atoms with E-state index in [2.05, 4.69) is 15.3 Å². The van der Waals surface area contributed by atoms with E-state index in [1.165, 1.54) is 0 Å². The number of carboxylic acid groups (broad SMARTS) is 1. The molecule has 0 aromatic carbocycles. The summed E-state index contributed by atoms with van der Waals surface area (Å²) in [6, 6.07) is 0. The van der Waals surface area contributed by atoms with Gasteiger partial charge in [-0.2, -0.15) is 0 Å². The van der Waals surface area contributed by atoms with Gasteiger partial charge in [-0.1, -0.05) is 0 Å². The Hall–Kier alpha value is -1.93. The summed E-state index contributed by atoms with van der Waals surface area (Å²) in [5.41, 5.74) is -0.575. The summed E-state index contributed by atoms with van der Waals surface area (Å²) in [6.45, 7) is 0.922. The monoisotopic (exact) mass is 337 g/mol. The van der Waals surface area contributed by atoms with Gasteiger partial charge < -0.3 is 24.9 Å². The molecule has 2 heterocycles. The number of methoxy groups -OCH3 is 1. The van der Waals surface area contributed by atoms with Crippen LogP contribution in [0, 0.1) is 11.8 Å². The summed E-state index contributed by atoms with van der Waals surface area (Å²) in [5, 5.41) is 11.9. The first-order valence-corrected chi connectivity index (χ1v) is 8.21. The highest BCUT2D eigenvalue weighted by Gasteiger charge is 2.48. The standard InChI is InChI=1S/C16H23N3O5/c1-23-16(7-10(8-16)15(21)22)9-19-14(20)11-3-2-6-24-12(11)13-17-4-5-18-13/h4-5,10-12H,2-3,6-9H2,1H3,(H,17,18)(H,19,20)(H,21,22)/t10?,11-,12-,16?/m1/s1. The quantitative estimate of drug-likeness (QED) is 0.710. The number of carboxylic acids is 1. The Balaban J connectivity index is 1.58. The molecular formula is C16H23N3O5. The first kappa shape index (κ1) is 16.9. The smallest absolute Gasteiger partial charge is 0.306 e. The van der Waals surface area contributed by atoms with Gasteiger partial charge in [0.25, 0.3) is 0 Å². The lowest BCUT2D eigenvalue weighted by atomic mass is 9.70. The van der Waals surface area contributed by atoms with Crippen LogP contribution < -0.4 is 5.32 Å². The molecule has 1 aromatic heterocycles. The minimum atomic E-state index is -0.812. The number of aliphatic carboxylic acids is 1. The molecule has 1 saturated carbocycles. The summed E-state index contributed by atoms with van der Waals surface area (Å²) in [4.78, 5) is 30.8. The molecule has 2 aliphatic rings. The van der Waals surface area contributed by atoms with Crippen molar-refractivity contribution in [2.45, 2.75) is 37.4 Å². The van der Waals surface area contributed by atoms with E-state index >= 15 is 0 Å². The van der Waals surface area contributed by atoms with Crippen LogP contribution in [0.15, 0.2) is 12.4 Å². The second-order valence-electron chi connectivity index (χ2n) is 6.56. The molecule has 8 heteroatoms. The number of nitrogens with zero attached hydrogens (tertiary/aromatic N) is 1. The fourth-order valence-electron chi connectivity index (χ4n) is 3.53. The van der Waals surface area contributed by atoms with Crippen molar-refractivity contribution >= 4 is 11.9 Å². The van der Waals surface area contributed by atoms with Crippen LogP contribution in [0.25, 0.3) is 0 Å². The maximum absolute atomic E-state index is 12.6. The number of aromatic amines is 1. The number of nitrogens with one attached hydrogen (secondary N) is 2. The summed E-state index contributed by atoms with van der Waals surface area (Å²) in [7, 11) is 1.56. The molecule has 1 aliphatic heterocycles. The van der Waals surface area contributed by atoms with Gasteiger partial charge in [0.2, 0.25) is 5.91 Å². The average Bonchev–Trinajstić information content (AvgIpc) is 3.08. The van der Waals surface area contributed by atoms with Crippen molar-refractivity contribution in [3.8, 4) is 0 Å². The molecule has 1 aliphatic carbocycles. The van der Waals surface area contributed by atoms with E-state index in [1.807, 2.05) is 0 Å². The highest BCUT2D eigenvalue weighted by Crippen LogP contribution is 2.40. The van der Waals surface area contributed by atoms with Crippen molar-refractivity contribution < 1.29 is 24.2 Å². The van der Waals surface area contributed by atoms with Crippen molar-refractivity contribution in [1.29, 1.82) is 0 Å². The van der Waals surface area contributed by atoms with Crippen LogP contribution in [0.2, 0.25) is 0 Å². The Bertz CT molecular complexity index is 583. The molecule has 2 fully saturated rings. The van der Waals surface area contributed by atoms with E-state index in [4.69, 9.17) is 14.6 Å². The van der Waals surface area contributed by atoms with Gasteiger partial charge in [-0.15, -0.1) is 0 Å². The molecule has 132 valence electrons. The Kier molecular flexibility index (Phi) is 4.86. The highest BCUT2D eigenvalue weighted by atomic mass is 16.5. The van der Waals surface area contributed by atoms with Gasteiger partial charge in [0.15, 0.2) is 0 Å². The number of amides is 1. The molecular weight excluding hydrogens is 314 g/mol. The SMILES string of the molecule is COC1(CNC(=O)[C@@H]2CCCO[C@H]2c2ncc[nH]2)CC(C(=O)O)C1.